The summed E-state index contributed by atoms with van der Waals surface area (Å²) in [5.74, 6) is 0. The first-order valence-electron chi connectivity index (χ1n) is 11.7. The van der Waals surface area contributed by atoms with Crippen molar-refractivity contribution >= 4 is 32.3 Å². The Hall–Kier alpha value is -3.90. The van der Waals surface area contributed by atoms with Crippen LogP contribution in [-0.4, -0.2) is 0 Å². The maximum Gasteiger partial charge on any atom is 0.0159 e. The molecule has 0 N–H and O–H groups in total. The summed E-state index contributed by atoms with van der Waals surface area (Å²) in [5, 5.41) is 7.88. The van der Waals surface area contributed by atoms with Crippen molar-refractivity contribution in [2.24, 2.45) is 0 Å². The number of hydrogen-bond donors (Lipinski definition) is 0. The second kappa shape index (κ2) is 6.56. The summed E-state index contributed by atoms with van der Waals surface area (Å²) in [6.45, 7) is 4.71. The van der Waals surface area contributed by atoms with Gasteiger partial charge in [0.15, 0.2) is 0 Å². The van der Waals surface area contributed by atoms with Crippen LogP contribution >= 0.6 is 0 Å². The van der Waals surface area contributed by atoms with E-state index >= 15 is 0 Å². The van der Waals surface area contributed by atoms with Gasteiger partial charge in [-0.2, -0.15) is 0 Å². The predicted molar refractivity (Wildman–Crippen MR) is 142 cm³/mol. The highest BCUT2D eigenvalue weighted by Gasteiger charge is 2.35. The Morgan fingerprint density at radius 3 is 1.97 bits per heavy atom. The minimum Gasteiger partial charge on any atom is -0.0619 e. The molecule has 1 aliphatic carbocycles. The number of benzene rings is 6. The van der Waals surface area contributed by atoms with Gasteiger partial charge in [-0.05, 0) is 77.8 Å². The van der Waals surface area contributed by atoms with Gasteiger partial charge in [-0.1, -0.05) is 111 Å². The largest absolute Gasteiger partial charge is 0.0619 e. The molecule has 0 atom stereocenters. The van der Waals surface area contributed by atoms with E-state index in [2.05, 4.69) is 123 Å². The molecule has 6 aromatic carbocycles. The van der Waals surface area contributed by atoms with Gasteiger partial charge < -0.3 is 0 Å². The number of fused-ring (bicyclic) bond motifs is 8. The smallest absolute Gasteiger partial charge is 0.0159 e. The van der Waals surface area contributed by atoms with Crippen molar-refractivity contribution in [1.29, 1.82) is 0 Å². The van der Waals surface area contributed by atoms with Crippen molar-refractivity contribution in [3.8, 4) is 22.3 Å². The zero-order valence-corrected chi connectivity index (χ0v) is 18.9. The molecule has 0 spiro atoms. The maximum absolute atomic E-state index is 2.44. The molecule has 0 unspecified atom stereocenters. The third-order valence-electron chi connectivity index (χ3n) is 7.66. The van der Waals surface area contributed by atoms with Gasteiger partial charge in [0.1, 0.15) is 0 Å². The van der Waals surface area contributed by atoms with Gasteiger partial charge in [-0.25, -0.2) is 0 Å². The van der Waals surface area contributed by atoms with E-state index in [9.17, 15) is 0 Å². The third-order valence-corrected chi connectivity index (χ3v) is 7.66. The van der Waals surface area contributed by atoms with Crippen molar-refractivity contribution in [3.05, 3.63) is 120 Å². The predicted octanol–water partition coefficient (Wildman–Crippen LogP) is 9.12. The molecule has 0 aromatic heterocycles. The van der Waals surface area contributed by atoms with Crippen molar-refractivity contribution in [2.75, 3.05) is 0 Å². The van der Waals surface area contributed by atoms with E-state index < -0.39 is 0 Å². The zero-order valence-electron chi connectivity index (χ0n) is 18.9. The molecule has 0 nitrogen and oxygen atoms in total. The zero-order chi connectivity index (χ0) is 22.2. The van der Waals surface area contributed by atoms with E-state index in [0.717, 1.165) is 0 Å². The first kappa shape index (κ1) is 18.7. The standard InChI is InChI=1S/C33H24/c1-33(2)31-14-8-7-13-27(31)28-18-16-22(19-32(28)33)29-20-30-23-10-4-3-9-21(23)15-17-26(30)24-11-5-6-12-25(24)29/h3-20H,1-2H3. The molecule has 0 fully saturated rings. The Kier molecular flexibility index (Phi) is 3.71. The van der Waals surface area contributed by atoms with Crippen LogP contribution in [0.5, 0.6) is 0 Å². The minimum absolute atomic E-state index is 0.00128. The molecule has 0 aliphatic heterocycles. The molecule has 0 bridgehead atoms. The van der Waals surface area contributed by atoms with Crippen LogP contribution in [0.2, 0.25) is 0 Å². The highest BCUT2D eigenvalue weighted by molar-refractivity contribution is 6.21. The van der Waals surface area contributed by atoms with Gasteiger partial charge in [0, 0.05) is 5.41 Å². The van der Waals surface area contributed by atoms with Crippen LogP contribution in [0.25, 0.3) is 54.6 Å². The van der Waals surface area contributed by atoms with E-state index in [-0.39, 0.29) is 5.41 Å². The molecule has 0 radical (unpaired) electrons. The van der Waals surface area contributed by atoms with Crippen molar-refractivity contribution in [1.82, 2.24) is 0 Å². The minimum atomic E-state index is 0.00128. The second-order valence-corrected chi connectivity index (χ2v) is 9.78. The van der Waals surface area contributed by atoms with Crippen LogP contribution in [0.4, 0.5) is 0 Å². The Morgan fingerprint density at radius 2 is 1.09 bits per heavy atom. The van der Waals surface area contributed by atoms with Crippen LogP contribution in [0.3, 0.4) is 0 Å². The van der Waals surface area contributed by atoms with Crippen molar-refractivity contribution in [2.45, 2.75) is 19.3 Å². The van der Waals surface area contributed by atoms with E-state index in [1.165, 1.54) is 65.7 Å². The fourth-order valence-corrected chi connectivity index (χ4v) is 5.97. The van der Waals surface area contributed by atoms with Gasteiger partial charge in [0.25, 0.3) is 0 Å². The summed E-state index contributed by atoms with van der Waals surface area (Å²) in [7, 11) is 0. The van der Waals surface area contributed by atoms with Crippen LogP contribution in [-0.2, 0) is 5.41 Å². The van der Waals surface area contributed by atoms with Gasteiger partial charge >= 0.3 is 0 Å². The maximum atomic E-state index is 2.44. The summed E-state index contributed by atoms with van der Waals surface area (Å²) in [6.07, 6.45) is 0. The first-order valence-corrected chi connectivity index (χ1v) is 11.7. The lowest BCUT2D eigenvalue weighted by molar-refractivity contribution is 0.660. The highest BCUT2D eigenvalue weighted by Crippen LogP contribution is 2.50. The van der Waals surface area contributed by atoms with Crippen LogP contribution in [0, 0.1) is 0 Å². The highest BCUT2D eigenvalue weighted by atomic mass is 14.4. The summed E-state index contributed by atoms with van der Waals surface area (Å²) in [4.78, 5) is 0. The van der Waals surface area contributed by atoms with Crippen LogP contribution in [0.1, 0.15) is 25.0 Å². The second-order valence-electron chi connectivity index (χ2n) is 9.78. The molecular formula is C33H24. The SMILES string of the molecule is CC1(C)c2ccccc2-c2ccc(-c3cc4c5ccccc5ccc4c4ccccc34)cc21. The summed E-state index contributed by atoms with van der Waals surface area (Å²) in [6, 6.07) is 40.5. The average molecular weight is 421 g/mol. The van der Waals surface area contributed by atoms with Gasteiger partial charge in [-0.15, -0.1) is 0 Å². The van der Waals surface area contributed by atoms with Crippen LogP contribution < -0.4 is 0 Å². The van der Waals surface area contributed by atoms with E-state index in [4.69, 9.17) is 0 Å². The molecule has 1 aliphatic rings. The molecule has 6 aromatic rings. The first-order chi connectivity index (χ1) is 16.1. The lowest BCUT2D eigenvalue weighted by Gasteiger charge is -2.22. The van der Waals surface area contributed by atoms with Gasteiger partial charge in [0.05, 0.1) is 0 Å². The number of rotatable bonds is 1. The molecular weight excluding hydrogens is 396 g/mol. The molecule has 0 saturated carbocycles. The Bertz CT molecular complexity index is 1730. The third kappa shape index (κ3) is 2.52. The van der Waals surface area contributed by atoms with E-state index in [1.54, 1.807) is 0 Å². The Labute approximate surface area is 194 Å². The van der Waals surface area contributed by atoms with Gasteiger partial charge in [0.2, 0.25) is 0 Å². The molecule has 156 valence electrons. The van der Waals surface area contributed by atoms with Gasteiger partial charge in [-0.3, -0.25) is 0 Å². The monoisotopic (exact) mass is 420 g/mol. The fraction of sp³-hybridized carbons (Fsp3) is 0.0909. The fourth-order valence-electron chi connectivity index (χ4n) is 5.97. The molecule has 33 heavy (non-hydrogen) atoms. The summed E-state index contributed by atoms with van der Waals surface area (Å²) in [5.41, 5.74) is 8.19. The summed E-state index contributed by atoms with van der Waals surface area (Å²) < 4.78 is 0. The molecule has 0 amide bonds. The Morgan fingerprint density at radius 1 is 0.424 bits per heavy atom. The van der Waals surface area contributed by atoms with E-state index in [1.807, 2.05) is 0 Å². The molecule has 0 saturated heterocycles. The Balaban J connectivity index is 1.56. The van der Waals surface area contributed by atoms with Crippen molar-refractivity contribution < 1.29 is 0 Å². The quantitative estimate of drug-likeness (QED) is 0.233. The molecule has 0 heterocycles. The van der Waals surface area contributed by atoms with Crippen LogP contribution in [0.15, 0.2) is 109 Å². The van der Waals surface area contributed by atoms with Crippen molar-refractivity contribution in [3.63, 3.8) is 0 Å². The number of hydrogen-bond acceptors (Lipinski definition) is 0. The lowest BCUT2D eigenvalue weighted by atomic mass is 9.81. The average Bonchev–Trinajstić information content (AvgIpc) is 3.10. The molecule has 0 heteroatoms. The molecule has 7 rings (SSSR count). The van der Waals surface area contributed by atoms with E-state index in [0.29, 0.717) is 0 Å². The normalized spacial score (nSPS) is 14.0. The lowest BCUT2D eigenvalue weighted by Crippen LogP contribution is -2.14. The topological polar surface area (TPSA) is 0 Å². The summed E-state index contributed by atoms with van der Waals surface area (Å²) >= 11 is 0.